The minimum atomic E-state index is -0.403. The number of guanidine groups is 1. The topological polar surface area (TPSA) is 96.5 Å². The number of amides is 2. The second-order valence-electron chi connectivity index (χ2n) is 7.43. The lowest BCUT2D eigenvalue weighted by molar-refractivity contribution is 0.252. The van der Waals surface area contributed by atoms with Crippen LogP contribution in [0.5, 0.6) is 0 Å². The Morgan fingerprint density at radius 1 is 0.969 bits per heavy atom. The highest BCUT2D eigenvalue weighted by Crippen LogP contribution is 2.47. The van der Waals surface area contributed by atoms with Crippen molar-refractivity contribution in [2.75, 3.05) is 4.90 Å². The number of aliphatic imine (C=N–C) groups is 1. The maximum absolute atomic E-state index is 13.3. The third-order valence-corrected chi connectivity index (χ3v) is 6.25. The molecule has 0 spiro atoms. The van der Waals surface area contributed by atoms with Crippen molar-refractivity contribution < 1.29 is 4.79 Å². The molecule has 7 nitrogen and oxygen atoms in total. The quantitative estimate of drug-likeness (QED) is 0.313. The van der Waals surface area contributed by atoms with Crippen LogP contribution in [0.3, 0.4) is 0 Å². The molecular weight excluding hydrogens is 420 g/mol. The molecule has 0 saturated heterocycles. The molecule has 158 valence electrons. The summed E-state index contributed by atoms with van der Waals surface area (Å²) in [5, 5.41) is 3.64. The van der Waals surface area contributed by atoms with Crippen molar-refractivity contribution in [1.29, 1.82) is 0 Å². The van der Waals surface area contributed by atoms with Gasteiger partial charge in [-0.1, -0.05) is 48.2 Å². The SMILES string of the molecule is Cc1ccc2c(C)nc(N=C(N)NC(=O)N3c4ccccc4Sc4ccccc43)nc2c1. The van der Waals surface area contributed by atoms with Gasteiger partial charge < -0.3 is 5.73 Å². The molecule has 8 heteroatoms. The second-order valence-corrected chi connectivity index (χ2v) is 8.51. The summed E-state index contributed by atoms with van der Waals surface area (Å²) in [6, 6.07) is 21.1. The number of anilines is 2. The predicted molar refractivity (Wildman–Crippen MR) is 128 cm³/mol. The number of nitrogens with one attached hydrogen (secondary N) is 1. The van der Waals surface area contributed by atoms with E-state index in [0.717, 1.165) is 43.3 Å². The molecule has 4 aromatic rings. The first-order valence-corrected chi connectivity index (χ1v) is 10.9. The molecule has 2 heterocycles. The van der Waals surface area contributed by atoms with E-state index in [1.165, 1.54) is 0 Å². The molecule has 1 aliphatic heterocycles. The zero-order valence-corrected chi connectivity index (χ0v) is 18.4. The van der Waals surface area contributed by atoms with E-state index in [-0.39, 0.29) is 11.9 Å². The minimum Gasteiger partial charge on any atom is -0.369 e. The Morgan fingerprint density at radius 2 is 1.62 bits per heavy atom. The van der Waals surface area contributed by atoms with Crippen LogP contribution in [0, 0.1) is 13.8 Å². The summed E-state index contributed by atoms with van der Waals surface area (Å²) in [7, 11) is 0. The van der Waals surface area contributed by atoms with Gasteiger partial charge in [-0.2, -0.15) is 4.99 Å². The number of nitrogens with two attached hydrogens (primary N) is 1. The summed E-state index contributed by atoms with van der Waals surface area (Å²) in [5.74, 6) is 0.128. The fourth-order valence-electron chi connectivity index (χ4n) is 3.66. The third kappa shape index (κ3) is 3.65. The average Bonchev–Trinajstić information content (AvgIpc) is 2.76. The molecule has 0 atom stereocenters. The Balaban J connectivity index is 1.47. The van der Waals surface area contributed by atoms with Gasteiger partial charge in [-0.25, -0.2) is 14.8 Å². The Bertz CT molecular complexity index is 1360. The summed E-state index contributed by atoms with van der Waals surface area (Å²) < 4.78 is 0. The molecule has 0 bridgehead atoms. The number of urea groups is 1. The lowest BCUT2D eigenvalue weighted by Gasteiger charge is -2.30. The number of carbonyl (C=O) groups is 1. The van der Waals surface area contributed by atoms with Gasteiger partial charge in [0.25, 0.3) is 5.95 Å². The highest BCUT2D eigenvalue weighted by molar-refractivity contribution is 7.99. The number of benzene rings is 3. The summed E-state index contributed by atoms with van der Waals surface area (Å²) >= 11 is 1.63. The van der Waals surface area contributed by atoms with E-state index >= 15 is 0 Å². The van der Waals surface area contributed by atoms with Gasteiger partial charge in [0.05, 0.1) is 22.6 Å². The molecule has 2 amide bonds. The number of fused-ring (bicyclic) bond motifs is 3. The summed E-state index contributed by atoms with van der Waals surface area (Å²) in [4.78, 5) is 30.0. The number of rotatable bonds is 1. The molecule has 0 radical (unpaired) electrons. The third-order valence-electron chi connectivity index (χ3n) is 5.12. The summed E-state index contributed by atoms with van der Waals surface area (Å²) in [6.07, 6.45) is 0. The van der Waals surface area contributed by atoms with Crippen molar-refractivity contribution in [3.8, 4) is 0 Å². The van der Waals surface area contributed by atoms with Crippen LogP contribution in [0.4, 0.5) is 22.1 Å². The number of aryl methyl sites for hydroxylation is 2. The largest absolute Gasteiger partial charge is 0.369 e. The van der Waals surface area contributed by atoms with E-state index in [9.17, 15) is 4.79 Å². The molecule has 3 aromatic carbocycles. The maximum Gasteiger partial charge on any atom is 0.333 e. The van der Waals surface area contributed by atoms with Crippen LogP contribution in [0.1, 0.15) is 11.3 Å². The number of para-hydroxylation sites is 2. The Hall–Kier alpha value is -3.91. The minimum absolute atomic E-state index is 0.0745. The monoisotopic (exact) mass is 440 g/mol. The molecule has 0 fully saturated rings. The van der Waals surface area contributed by atoms with E-state index in [4.69, 9.17) is 5.73 Å². The van der Waals surface area contributed by atoms with Gasteiger partial charge in [0.1, 0.15) is 0 Å². The normalized spacial score (nSPS) is 12.9. The number of hydrogen-bond donors (Lipinski definition) is 2. The van der Waals surface area contributed by atoms with Crippen molar-refractivity contribution in [3.63, 3.8) is 0 Å². The number of hydrogen-bond acceptors (Lipinski definition) is 5. The fourth-order valence-corrected chi connectivity index (χ4v) is 4.72. The van der Waals surface area contributed by atoms with Gasteiger partial charge in [-0.3, -0.25) is 10.2 Å². The first-order chi connectivity index (χ1) is 15.5. The summed E-state index contributed by atoms with van der Waals surface area (Å²) in [6.45, 7) is 3.90. The predicted octanol–water partition coefficient (Wildman–Crippen LogP) is 5.21. The zero-order valence-electron chi connectivity index (χ0n) is 17.5. The molecule has 5 rings (SSSR count). The van der Waals surface area contributed by atoms with Crippen LogP contribution in [0.15, 0.2) is 81.5 Å². The molecule has 1 aliphatic rings. The van der Waals surface area contributed by atoms with Crippen LogP contribution in [-0.2, 0) is 0 Å². The highest BCUT2D eigenvalue weighted by atomic mass is 32.2. The zero-order chi connectivity index (χ0) is 22.2. The molecule has 32 heavy (non-hydrogen) atoms. The average molecular weight is 441 g/mol. The van der Waals surface area contributed by atoms with Gasteiger partial charge in [-0.05, 0) is 49.7 Å². The second kappa shape index (κ2) is 7.97. The Kier molecular flexibility index (Phi) is 4.99. The lowest BCUT2D eigenvalue weighted by atomic mass is 10.1. The van der Waals surface area contributed by atoms with Gasteiger partial charge >= 0.3 is 6.03 Å². The first kappa shape index (κ1) is 20.0. The van der Waals surface area contributed by atoms with E-state index in [1.54, 1.807) is 16.7 Å². The summed E-state index contributed by atoms with van der Waals surface area (Å²) in [5.41, 5.74) is 10.3. The molecule has 1 aromatic heterocycles. The molecular formula is C24H20N6OS. The molecule has 3 N–H and O–H groups in total. The van der Waals surface area contributed by atoms with E-state index in [0.29, 0.717) is 0 Å². The van der Waals surface area contributed by atoms with Crippen molar-refractivity contribution in [1.82, 2.24) is 15.3 Å². The van der Waals surface area contributed by atoms with Crippen molar-refractivity contribution in [2.24, 2.45) is 10.7 Å². The van der Waals surface area contributed by atoms with Gasteiger partial charge in [0, 0.05) is 15.2 Å². The smallest absolute Gasteiger partial charge is 0.333 e. The van der Waals surface area contributed by atoms with Crippen LogP contribution in [0.2, 0.25) is 0 Å². The van der Waals surface area contributed by atoms with Crippen LogP contribution in [-0.4, -0.2) is 22.0 Å². The van der Waals surface area contributed by atoms with Crippen molar-refractivity contribution >= 4 is 52.0 Å². The molecule has 0 aliphatic carbocycles. The molecule has 0 saturated carbocycles. The fraction of sp³-hybridized carbons (Fsp3) is 0.0833. The van der Waals surface area contributed by atoms with Gasteiger partial charge in [0.15, 0.2) is 0 Å². The van der Waals surface area contributed by atoms with Crippen LogP contribution >= 0.6 is 11.8 Å². The highest BCUT2D eigenvalue weighted by Gasteiger charge is 2.28. The van der Waals surface area contributed by atoms with E-state index < -0.39 is 6.03 Å². The standard InChI is InChI=1S/C24H20N6OS/c1-14-11-12-16-15(2)26-23(27-17(16)13-14)28-22(25)29-24(31)30-18-7-3-5-9-20(18)32-21-10-6-4-8-19(21)30/h3-13H,1-2H3,(H3,25,26,27,28,29,31). The van der Waals surface area contributed by atoms with Crippen LogP contribution < -0.4 is 16.0 Å². The number of carbonyl (C=O) groups excluding carboxylic acids is 1. The van der Waals surface area contributed by atoms with E-state index in [2.05, 4.69) is 20.3 Å². The van der Waals surface area contributed by atoms with E-state index in [1.807, 2.05) is 80.6 Å². The number of nitrogens with zero attached hydrogens (tertiary/aromatic N) is 4. The Morgan fingerprint density at radius 3 is 2.31 bits per heavy atom. The lowest BCUT2D eigenvalue weighted by Crippen LogP contribution is -2.44. The Labute approximate surface area is 189 Å². The first-order valence-electron chi connectivity index (χ1n) is 10.1. The van der Waals surface area contributed by atoms with Crippen molar-refractivity contribution in [3.05, 3.63) is 78.0 Å². The van der Waals surface area contributed by atoms with Crippen molar-refractivity contribution in [2.45, 2.75) is 23.6 Å². The maximum atomic E-state index is 13.3. The number of aromatic nitrogens is 2. The van der Waals surface area contributed by atoms with Gasteiger partial charge in [0.2, 0.25) is 5.96 Å². The van der Waals surface area contributed by atoms with Crippen LogP contribution in [0.25, 0.3) is 10.9 Å². The van der Waals surface area contributed by atoms with Gasteiger partial charge in [-0.15, -0.1) is 0 Å². The molecule has 0 unspecified atom stereocenters.